The SMILES string of the molecule is CC1(C)C(=O)N(CC(=O)N2CCCNCC2)S1(=O)=O. The topological polar surface area (TPSA) is 86.8 Å². The lowest BCUT2D eigenvalue weighted by Gasteiger charge is -2.43. The van der Waals surface area contributed by atoms with Gasteiger partial charge >= 0.3 is 0 Å². The first kappa shape index (κ1) is 14.3. The molecule has 0 aromatic heterocycles. The van der Waals surface area contributed by atoms with Crippen molar-refractivity contribution in [1.82, 2.24) is 14.5 Å². The van der Waals surface area contributed by atoms with Crippen LogP contribution in [0.1, 0.15) is 20.3 Å². The first-order valence-electron chi connectivity index (χ1n) is 6.33. The highest BCUT2D eigenvalue weighted by Gasteiger charge is 2.60. The molecule has 0 atom stereocenters. The number of hydrogen-bond donors (Lipinski definition) is 1. The highest BCUT2D eigenvalue weighted by molar-refractivity contribution is 7.94. The van der Waals surface area contributed by atoms with E-state index in [0.717, 1.165) is 13.0 Å². The second kappa shape index (κ2) is 4.75. The number of rotatable bonds is 2. The molecule has 108 valence electrons. The van der Waals surface area contributed by atoms with Gasteiger partial charge < -0.3 is 10.2 Å². The molecule has 0 saturated carbocycles. The van der Waals surface area contributed by atoms with Gasteiger partial charge in [0.2, 0.25) is 5.91 Å². The van der Waals surface area contributed by atoms with Crippen molar-refractivity contribution in [2.24, 2.45) is 0 Å². The highest BCUT2D eigenvalue weighted by Crippen LogP contribution is 2.34. The normalized spacial score (nSPS) is 25.7. The number of carbonyl (C=O) groups excluding carboxylic acids is 2. The van der Waals surface area contributed by atoms with Crippen molar-refractivity contribution in [3.63, 3.8) is 0 Å². The summed E-state index contributed by atoms with van der Waals surface area (Å²) in [5.74, 6) is -0.815. The molecule has 0 unspecified atom stereocenters. The zero-order valence-electron chi connectivity index (χ0n) is 11.2. The minimum atomic E-state index is -3.67. The van der Waals surface area contributed by atoms with Crippen molar-refractivity contribution >= 4 is 21.8 Å². The molecular formula is C11H19N3O4S. The van der Waals surface area contributed by atoms with Crippen molar-refractivity contribution in [3.05, 3.63) is 0 Å². The standard InChI is InChI=1S/C11H19N3O4S/c1-11(2)10(16)14(19(11,17)18)8-9(15)13-6-3-4-12-5-7-13/h12H,3-8H2,1-2H3. The largest absolute Gasteiger partial charge is 0.340 e. The Morgan fingerprint density at radius 2 is 2.00 bits per heavy atom. The Morgan fingerprint density at radius 1 is 1.32 bits per heavy atom. The summed E-state index contributed by atoms with van der Waals surface area (Å²) in [6, 6.07) is 0. The van der Waals surface area contributed by atoms with Gasteiger partial charge in [0.25, 0.3) is 15.9 Å². The molecule has 0 aromatic carbocycles. The summed E-state index contributed by atoms with van der Waals surface area (Å²) >= 11 is 0. The van der Waals surface area contributed by atoms with Crippen LogP contribution >= 0.6 is 0 Å². The van der Waals surface area contributed by atoms with E-state index in [2.05, 4.69) is 5.32 Å². The number of sulfonamides is 1. The molecule has 1 N–H and O–H groups in total. The molecule has 0 bridgehead atoms. The molecule has 0 spiro atoms. The van der Waals surface area contributed by atoms with E-state index in [1.54, 1.807) is 4.90 Å². The van der Waals surface area contributed by atoms with E-state index in [0.29, 0.717) is 23.9 Å². The number of hydrogen-bond acceptors (Lipinski definition) is 5. The number of nitrogens with zero attached hydrogens (tertiary/aromatic N) is 2. The van der Waals surface area contributed by atoms with E-state index in [1.807, 2.05) is 0 Å². The zero-order valence-corrected chi connectivity index (χ0v) is 12.0. The smallest absolute Gasteiger partial charge is 0.259 e. The predicted octanol–water partition coefficient (Wildman–Crippen LogP) is -1.24. The Balaban J connectivity index is 2.02. The molecular weight excluding hydrogens is 270 g/mol. The molecule has 2 heterocycles. The summed E-state index contributed by atoms with van der Waals surface area (Å²) < 4.78 is 23.1. The van der Waals surface area contributed by atoms with E-state index >= 15 is 0 Å². The van der Waals surface area contributed by atoms with Crippen LogP contribution < -0.4 is 5.32 Å². The fraction of sp³-hybridized carbons (Fsp3) is 0.818. The number of nitrogens with one attached hydrogen (secondary N) is 1. The van der Waals surface area contributed by atoms with E-state index in [-0.39, 0.29) is 12.5 Å². The predicted molar refractivity (Wildman–Crippen MR) is 68.8 cm³/mol. The zero-order chi connectivity index (χ0) is 14.3. The lowest BCUT2D eigenvalue weighted by molar-refractivity contribution is -0.139. The first-order valence-corrected chi connectivity index (χ1v) is 7.77. The molecule has 0 aliphatic carbocycles. The Bertz CT molecular complexity index is 492. The quantitative estimate of drug-likeness (QED) is 0.687. The lowest BCUT2D eigenvalue weighted by Crippen LogP contribution is -2.68. The van der Waals surface area contributed by atoms with E-state index in [9.17, 15) is 18.0 Å². The summed E-state index contributed by atoms with van der Waals surface area (Å²) in [4.78, 5) is 25.4. The van der Waals surface area contributed by atoms with Crippen LogP contribution in [-0.4, -0.2) is 66.9 Å². The van der Waals surface area contributed by atoms with Crippen molar-refractivity contribution in [2.45, 2.75) is 25.0 Å². The molecule has 0 radical (unpaired) electrons. The van der Waals surface area contributed by atoms with Crippen LogP contribution in [0.25, 0.3) is 0 Å². The highest BCUT2D eigenvalue weighted by atomic mass is 32.2. The van der Waals surface area contributed by atoms with Crippen LogP contribution in [0, 0.1) is 0 Å². The van der Waals surface area contributed by atoms with Crippen molar-refractivity contribution in [3.8, 4) is 0 Å². The molecule has 0 aromatic rings. The fourth-order valence-corrected chi connectivity index (χ4v) is 3.71. The van der Waals surface area contributed by atoms with E-state index < -0.39 is 20.7 Å². The third kappa shape index (κ3) is 2.23. The second-order valence-electron chi connectivity index (χ2n) is 5.31. The van der Waals surface area contributed by atoms with Crippen LogP contribution in [0.4, 0.5) is 0 Å². The van der Waals surface area contributed by atoms with Crippen LogP contribution in [0.15, 0.2) is 0 Å². The van der Waals surface area contributed by atoms with Crippen LogP contribution in [-0.2, 0) is 19.6 Å². The Kier molecular flexibility index (Phi) is 3.57. The fourth-order valence-electron chi connectivity index (χ4n) is 2.23. The molecule has 7 nitrogen and oxygen atoms in total. The number of amides is 2. The molecule has 19 heavy (non-hydrogen) atoms. The van der Waals surface area contributed by atoms with Gasteiger partial charge in [0.05, 0.1) is 0 Å². The second-order valence-corrected chi connectivity index (χ2v) is 7.72. The minimum Gasteiger partial charge on any atom is -0.340 e. The summed E-state index contributed by atoms with van der Waals surface area (Å²) in [6.45, 7) is 5.03. The third-order valence-corrected chi connectivity index (χ3v) is 5.99. The maximum Gasteiger partial charge on any atom is 0.259 e. The van der Waals surface area contributed by atoms with Crippen LogP contribution in [0.3, 0.4) is 0 Å². The average molecular weight is 289 g/mol. The van der Waals surface area contributed by atoms with Crippen LogP contribution in [0.5, 0.6) is 0 Å². The lowest BCUT2D eigenvalue weighted by atomic mass is 10.2. The maximum atomic E-state index is 12.0. The molecule has 2 aliphatic rings. The van der Waals surface area contributed by atoms with Gasteiger partial charge in [-0.05, 0) is 26.8 Å². The first-order chi connectivity index (χ1) is 8.78. The van der Waals surface area contributed by atoms with E-state index in [1.165, 1.54) is 13.8 Å². The average Bonchev–Trinajstić information content (AvgIpc) is 2.63. The summed E-state index contributed by atoms with van der Waals surface area (Å²) in [6.07, 6.45) is 0.831. The van der Waals surface area contributed by atoms with Gasteiger partial charge in [-0.2, -0.15) is 0 Å². The summed E-state index contributed by atoms with van der Waals surface area (Å²) in [5, 5.41) is 3.16. The van der Waals surface area contributed by atoms with E-state index in [4.69, 9.17) is 0 Å². The Labute approximate surface area is 113 Å². The summed E-state index contributed by atoms with van der Waals surface area (Å²) in [7, 11) is -3.67. The molecule has 2 aliphatic heterocycles. The number of carbonyl (C=O) groups is 2. The monoisotopic (exact) mass is 289 g/mol. The van der Waals surface area contributed by atoms with Crippen molar-refractivity contribution in [2.75, 3.05) is 32.7 Å². The third-order valence-electron chi connectivity index (χ3n) is 3.65. The van der Waals surface area contributed by atoms with Crippen LogP contribution in [0.2, 0.25) is 0 Å². The van der Waals surface area contributed by atoms with Gasteiger partial charge in [-0.15, -0.1) is 0 Å². The molecule has 2 fully saturated rings. The van der Waals surface area contributed by atoms with Gasteiger partial charge in [0, 0.05) is 19.6 Å². The van der Waals surface area contributed by atoms with Gasteiger partial charge in [-0.25, -0.2) is 12.7 Å². The summed E-state index contributed by atoms with van der Waals surface area (Å²) in [5.41, 5.74) is 0. The molecule has 2 amide bonds. The Morgan fingerprint density at radius 3 is 2.63 bits per heavy atom. The maximum absolute atomic E-state index is 12.0. The minimum absolute atomic E-state index is 0.309. The Hall–Kier alpha value is -1.15. The van der Waals surface area contributed by atoms with Gasteiger partial charge in [-0.1, -0.05) is 0 Å². The molecule has 2 saturated heterocycles. The van der Waals surface area contributed by atoms with Crippen molar-refractivity contribution < 1.29 is 18.0 Å². The molecule has 2 rings (SSSR count). The van der Waals surface area contributed by atoms with Gasteiger partial charge in [0.1, 0.15) is 6.54 Å². The molecule has 8 heteroatoms. The van der Waals surface area contributed by atoms with Gasteiger partial charge in [-0.3, -0.25) is 9.59 Å². The van der Waals surface area contributed by atoms with Gasteiger partial charge in [0.15, 0.2) is 4.75 Å². The van der Waals surface area contributed by atoms with Crippen molar-refractivity contribution in [1.29, 1.82) is 0 Å².